The van der Waals surface area contributed by atoms with E-state index in [2.05, 4.69) is 0 Å². The van der Waals surface area contributed by atoms with Crippen LogP contribution in [0.25, 0.3) is 0 Å². The number of thiazole rings is 1. The first-order chi connectivity index (χ1) is 10.4. The van der Waals surface area contributed by atoms with Crippen LogP contribution in [0.5, 0.6) is 5.75 Å². The highest BCUT2D eigenvalue weighted by molar-refractivity contribution is 7.11. The first-order valence-corrected chi connectivity index (χ1v) is 7.35. The van der Waals surface area contributed by atoms with Crippen molar-refractivity contribution in [3.05, 3.63) is 50.1 Å². The van der Waals surface area contributed by atoms with Crippen molar-refractivity contribution in [3.63, 3.8) is 0 Å². The van der Waals surface area contributed by atoms with Crippen LogP contribution in [0, 0.1) is 6.92 Å². The first kappa shape index (κ1) is 16.0. The normalized spacial score (nSPS) is 10.5. The van der Waals surface area contributed by atoms with Gasteiger partial charge in [-0.2, -0.15) is 0 Å². The summed E-state index contributed by atoms with van der Waals surface area (Å²) in [5, 5.41) is 9.19. The number of hydrogen-bond acceptors (Lipinski definition) is 5. The van der Waals surface area contributed by atoms with E-state index in [0.29, 0.717) is 17.1 Å². The van der Waals surface area contributed by atoms with Crippen LogP contribution in [-0.2, 0) is 17.9 Å². The van der Waals surface area contributed by atoms with Gasteiger partial charge in [-0.05, 0) is 26.0 Å². The number of benzene rings is 1. The number of ketones is 1. The Balaban J connectivity index is 2.31. The Morgan fingerprint density at radius 2 is 1.91 bits per heavy atom. The second-order valence-corrected chi connectivity index (χ2v) is 5.80. The highest BCUT2D eigenvalue weighted by Gasteiger charge is 2.21. The first-order valence-electron chi connectivity index (χ1n) is 6.53. The number of carbonyl (C=O) groups is 2. The topological polar surface area (TPSA) is 85.6 Å². The lowest BCUT2D eigenvalue weighted by atomic mass is 10.2. The fourth-order valence-corrected chi connectivity index (χ4v) is 2.75. The highest BCUT2D eigenvalue weighted by atomic mass is 32.1. The Morgan fingerprint density at radius 3 is 2.45 bits per heavy atom. The van der Waals surface area contributed by atoms with Gasteiger partial charge in [0.25, 0.3) is 0 Å². The number of nitrogens with zero attached hydrogens (tertiary/aromatic N) is 1. The van der Waals surface area contributed by atoms with Crippen LogP contribution in [0.1, 0.15) is 27.9 Å². The third kappa shape index (κ3) is 3.62. The number of carboxylic acid groups (broad SMARTS) is 1. The number of aromatic nitrogens is 1. The number of carbonyl (C=O) groups excluding carboxylic acids is 1. The predicted molar refractivity (Wildman–Crippen MR) is 81.7 cm³/mol. The van der Waals surface area contributed by atoms with Crippen molar-refractivity contribution >= 4 is 23.1 Å². The van der Waals surface area contributed by atoms with Crippen LogP contribution in [0.2, 0.25) is 0 Å². The molecule has 0 saturated carbocycles. The van der Waals surface area contributed by atoms with E-state index >= 15 is 0 Å². The molecular weight excluding hydrogens is 306 g/mol. The second-order valence-electron chi connectivity index (χ2n) is 4.84. The van der Waals surface area contributed by atoms with Gasteiger partial charge in [-0.15, -0.1) is 0 Å². The molecule has 0 spiro atoms. The van der Waals surface area contributed by atoms with Crippen molar-refractivity contribution in [3.8, 4) is 5.75 Å². The van der Waals surface area contributed by atoms with E-state index in [1.807, 2.05) is 19.1 Å². The molecule has 0 aliphatic heterocycles. The summed E-state index contributed by atoms with van der Waals surface area (Å²) in [7, 11) is 0. The zero-order valence-electron chi connectivity index (χ0n) is 12.2. The van der Waals surface area contributed by atoms with Gasteiger partial charge in [0.15, 0.2) is 0 Å². The van der Waals surface area contributed by atoms with E-state index in [0.717, 1.165) is 10.1 Å². The van der Waals surface area contributed by atoms with E-state index in [1.54, 1.807) is 12.1 Å². The van der Waals surface area contributed by atoms with Crippen LogP contribution in [0.3, 0.4) is 0 Å². The van der Waals surface area contributed by atoms with Gasteiger partial charge in [0.05, 0.1) is 12.2 Å². The van der Waals surface area contributed by atoms with Crippen molar-refractivity contribution in [1.29, 1.82) is 0 Å². The fraction of sp³-hybridized carbons (Fsp3) is 0.267. The molecule has 0 aliphatic rings. The zero-order chi connectivity index (χ0) is 16.3. The van der Waals surface area contributed by atoms with E-state index in [1.165, 1.54) is 6.92 Å². The van der Waals surface area contributed by atoms with Crippen molar-refractivity contribution < 1.29 is 19.4 Å². The minimum atomic E-state index is -1.20. The number of aryl methyl sites for hydroxylation is 1. The summed E-state index contributed by atoms with van der Waals surface area (Å²) in [5.41, 5.74) is 1.28. The van der Waals surface area contributed by atoms with Gasteiger partial charge in [-0.1, -0.05) is 29.0 Å². The maximum atomic E-state index is 11.9. The van der Waals surface area contributed by atoms with Crippen LogP contribution >= 0.6 is 11.3 Å². The Labute approximate surface area is 130 Å². The summed E-state index contributed by atoms with van der Waals surface area (Å²) >= 11 is 0.604. The lowest BCUT2D eigenvalue weighted by Crippen LogP contribution is -2.21. The standard InChI is InChI=1S/C15H15NO5S/c1-9-3-5-11(6-4-9)21-8-12-13(14(18)19)22-15(20)16(12)7-10(2)17/h3-6H,7-8H2,1-2H3,(H,18,19). The van der Waals surface area contributed by atoms with Gasteiger partial charge >= 0.3 is 10.8 Å². The van der Waals surface area contributed by atoms with Crippen molar-refractivity contribution in [2.75, 3.05) is 0 Å². The molecule has 0 amide bonds. The van der Waals surface area contributed by atoms with Crippen LogP contribution < -0.4 is 9.61 Å². The minimum Gasteiger partial charge on any atom is -0.487 e. The lowest BCUT2D eigenvalue weighted by molar-refractivity contribution is -0.117. The molecule has 0 aliphatic carbocycles. The predicted octanol–water partition coefficient (Wildman–Crippen LogP) is 2.08. The molecule has 1 N–H and O–H groups in total. The van der Waals surface area contributed by atoms with Crippen molar-refractivity contribution in [2.45, 2.75) is 27.0 Å². The van der Waals surface area contributed by atoms with Gasteiger partial charge in [-0.25, -0.2) is 4.79 Å². The summed E-state index contributed by atoms with van der Waals surface area (Å²) in [5.74, 6) is -0.865. The SMILES string of the molecule is CC(=O)Cn1c(COc2ccc(C)cc2)c(C(=O)O)sc1=O. The number of ether oxygens (including phenoxy) is 1. The second kappa shape index (κ2) is 6.57. The Hall–Kier alpha value is -2.41. The van der Waals surface area contributed by atoms with Crippen LogP contribution in [-0.4, -0.2) is 21.4 Å². The molecule has 1 aromatic carbocycles. The number of carboxylic acids is 1. The van der Waals surface area contributed by atoms with Crippen LogP contribution in [0.4, 0.5) is 0 Å². The molecule has 22 heavy (non-hydrogen) atoms. The van der Waals surface area contributed by atoms with E-state index in [-0.39, 0.29) is 29.5 Å². The lowest BCUT2D eigenvalue weighted by Gasteiger charge is -2.09. The summed E-state index contributed by atoms with van der Waals surface area (Å²) in [6, 6.07) is 7.25. The maximum absolute atomic E-state index is 11.9. The molecule has 116 valence electrons. The average molecular weight is 321 g/mol. The quantitative estimate of drug-likeness (QED) is 0.880. The van der Waals surface area contributed by atoms with E-state index in [4.69, 9.17) is 4.74 Å². The Bertz CT molecular complexity index is 757. The summed E-state index contributed by atoms with van der Waals surface area (Å²) in [6.45, 7) is 3.04. The highest BCUT2D eigenvalue weighted by Crippen LogP contribution is 2.18. The third-order valence-corrected chi connectivity index (χ3v) is 3.98. The van der Waals surface area contributed by atoms with Gasteiger partial charge < -0.3 is 9.84 Å². The van der Waals surface area contributed by atoms with Gasteiger partial charge in [0.2, 0.25) is 0 Å². The maximum Gasteiger partial charge on any atom is 0.348 e. The molecule has 0 bridgehead atoms. The van der Waals surface area contributed by atoms with Crippen molar-refractivity contribution in [1.82, 2.24) is 4.57 Å². The molecule has 7 heteroatoms. The molecular formula is C15H15NO5S. The molecule has 6 nitrogen and oxygen atoms in total. The van der Waals surface area contributed by atoms with Crippen molar-refractivity contribution in [2.24, 2.45) is 0 Å². The minimum absolute atomic E-state index is 0.0866. The Kier molecular flexibility index (Phi) is 4.77. The molecule has 0 saturated heterocycles. The van der Waals surface area contributed by atoms with Gasteiger partial charge in [0.1, 0.15) is 23.0 Å². The summed E-state index contributed by atoms with van der Waals surface area (Å²) in [4.78, 5) is 33.8. The van der Waals surface area contributed by atoms with Gasteiger partial charge in [-0.3, -0.25) is 14.2 Å². The largest absolute Gasteiger partial charge is 0.487 e. The molecule has 1 heterocycles. The van der Waals surface area contributed by atoms with E-state index in [9.17, 15) is 19.5 Å². The smallest absolute Gasteiger partial charge is 0.348 e. The molecule has 0 atom stereocenters. The van der Waals surface area contributed by atoms with E-state index < -0.39 is 10.8 Å². The number of aromatic carboxylic acids is 1. The molecule has 0 unspecified atom stereocenters. The molecule has 0 radical (unpaired) electrons. The Morgan fingerprint density at radius 1 is 1.27 bits per heavy atom. The van der Waals surface area contributed by atoms with Crippen LogP contribution in [0.15, 0.2) is 29.1 Å². The zero-order valence-corrected chi connectivity index (χ0v) is 13.0. The number of Topliss-reactive ketones (excluding diaryl/α,β-unsaturated/α-hetero) is 1. The summed E-state index contributed by atoms with van der Waals surface area (Å²) in [6.07, 6.45) is 0. The third-order valence-electron chi connectivity index (χ3n) is 2.97. The molecule has 0 fully saturated rings. The monoisotopic (exact) mass is 321 g/mol. The average Bonchev–Trinajstić information content (AvgIpc) is 2.75. The molecule has 2 aromatic rings. The fourth-order valence-electron chi connectivity index (χ4n) is 1.91. The summed E-state index contributed by atoms with van der Waals surface area (Å²) < 4.78 is 6.70. The molecule has 1 aromatic heterocycles. The molecule has 2 rings (SSSR count). The number of rotatable bonds is 6. The van der Waals surface area contributed by atoms with Gasteiger partial charge in [0, 0.05) is 0 Å². The number of hydrogen-bond donors (Lipinski definition) is 1.